The SMILES string of the molecule is Cc1cc(F)c([C@H]2CCCN2)c(F)c1F. The average Bonchev–Trinajstić information content (AvgIpc) is 2.68. The van der Waals surface area contributed by atoms with E-state index in [0.717, 1.165) is 19.0 Å². The van der Waals surface area contributed by atoms with Gasteiger partial charge < -0.3 is 5.32 Å². The Morgan fingerprint density at radius 1 is 1.27 bits per heavy atom. The van der Waals surface area contributed by atoms with Crippen LogP contribution in [0.3, 0.4) is 0 Å². The van der Waals surface area contributed by atoms with Gasteiger partial charge in [0.1, 0.15) is 5.82 Å². The lowest BCUT2D eigenvalue weighted by Gasteiger charge is -2.14. The summed E-state index contributed by atoms with van der Waals surface area (Å²) in [5, 5.41) is 2.95. The van der Waals surface area contributed by atoms with Gasteiger partial charge in [0.05, 0.1) is 0 Å². The maximum atomic E-state index is 13.5. The summed E-state index contributed by atoms with van der Waals surface area (Å²) < 4.78 is 40.3. The van der Waals surface area contributed by atoms with Crippen molar-refractivity contribution in [3.05, 3.63) is 34.6 Å². The first-order chi connectivity index (χ1) is 7.11. The van der Waals surface area contributed by atoms with E-state index in [9.17, 15) is 13.2 Å². The molecule has 1 aromatic rings. The average molecular weight is 215 g/mol. The number of nitrogens with one attached hydrogen (secondary N) is 1. The zero-order chi connectivity index (χ0) is 11.0. The Balaban J connectivity index is 2.50. The molecule has 0 unspecified atom stereocenters. The summed E-state index contributed by atoms with van der Waals surface area (Å²) >= 11 is 0. The van der Waals surface area contributed by atoms with Crippen molar-refractivity contribution in [3.63, 3.8) is 0 Å². The molecule has 1 N–H and O–H groups in total. The lowest BCUT2D eigenvalue weighted by molar-refractivity contribution is 0.451. The number of benzene rings is 1. The van der Waals surface area contributed by atoms with Gasteiger partial charge in [-0.3, -0.25) is 0 Å². The number of hydrogen-bond donors (Lipinski definition) is 1. The van der Waals surface area contributed by atoms with Crippen molar-refractivity contribution >= 4 is 0 Å². The van der Waals surface area contributed by atoms with Gasteiger partial charge in [-0.2, -0.15) is 0 Å². The van der Waals surface area contributed by atoms with Crippen LogP contribution in [0.25, 0.3) is 0 Å². The molecule has 0 bridgehead atoms. The molecule has 1 fully saturated rings. The van der Waals surface area contributed by atoms with Gasteiger partial charge in [-0.25, -0.2) is 13.2 Å². The summed E-state index contributed by atoms with van der Waals surface area (Å²) in [7, 11) is 0. The summed E-state index contributed by atoms with van der Waals surface area (Å²) in [5.41, 5.74) is -0.151. The molecule has 0 aliphatic carbocycles. The van der Waals surface area contributed by atoms with Crippen molar-refractivity contribution in [2.24, 2.45) is 0 Å². The summed E-state index contributed by atoms with van der Waals surface area (Å²) in [6, 6.07) is 0.661. The van der Waals surface area contributed by atoms with Gasteiger partial charge in [0, 0.05) is 11.6 Å². The van der Waals surface area contributed by atoms with Crippen molar-refractivity contribution in [3.8, 4) is 0 Å². The minimum Gasteiger partial charge on any atom is -0.310 e. The molecule has 1 heterocycles. The fraction of sp³-hybridized carbons (Fsp3) is 0.455. The van der Waals surface area contributed by atoms with Crippen LogP contribution in [0.4, 0.5) is 13.2 Å². The van der Waals surface area contributed by atoms with Crippen LogP contribution in [0.5, 0.6) is 0 Å². The van der Waals surface area contributed by atoms with E-state index in [0.29, 0.717) is 6.42 Å². The zero-order valence-electron chi connectivity index (χ0n) is 8.41. The van der Waals surface area contributed by atoms with Crippen LogP contribution in [-0.2, 0) is 0 Å². The van der Waals surface area contributed by atoms with Crippen LogP contribution in [0.2, 0.25) is 0 Å². The lowest BCUT2D eigenvalue weighted by Crippen LogP contribution is -2.17. The van der Waals surface area contributed by atoms with Crippen LogP contribution in [0, 0.1) is 24.4 Å². The molecule has 1 nitrogen and oxygen atoms in total. The molecule has 1 aromatic carbocycles. The molecule has 15 heavy (non-hydrogen) atoms. The number of aryl methyl sites for hydroxylation is 1. The van der Waals surface area contributed by atoms with Crippen LogP contribution >= 0.6 is 0 Å². The van der Waals surface area contributed by atoms with Crippen molar-refractivity contribution in [2.75, 3.05) is 6.54 Å². The van der Waals surface area contributed by atoms with Crippen molar-refractivity contribution in [1.29, 1.82) is 0 Å². The number of rotatable bonds is 1. The first kappa shape index (κ1) is 10.5. The van der Waals surface area contributed by atoms with Crippen LogP contribution in [-0.4, -0.2) is 6.54 Å². The first-order valence-corrected chi connectivity index (χ1v) is 4.98. The third-order valence-electron chi connectivity index (χ3n) is 2.78. The molecular weight excluding hydrogens is 203 g/mol. The van der Waals surface area contributed by atoms with Gasteiger partial charge in [-0.15, -0.1) is 0 Å². The second kappa shape index (κ2) is 3.85. The summed E-state index contributed by atoms with van der Waals surface area (Å²) in [4.78, 5) is 0. The van der Waals surface area contributed by atoms with E-state index < -0.39 is 17.5 Å². The van der Waals surface area contributed by atoms with E-state index in [1.165, 1.54) is 6.92 Å². The molecule has 2 rings (SSSR count). The van der Waals surface area contributed by atoms with Gasteiger partial charge in [-0.1, -0.05) is 0 Å². The van der Waals surface area contributed by atoms with E-state index in [2.05, 4.69) is 5.32 Å². The molecule has 0 saturated carbocycles. The summed E-state index contributed by atoms with van der Waals surface area (Å²) in [6.45, 7) is 2.08. The van der Waals surface area contributed by atoms with Crippen molar-refractivity contribution in [1.82, 2.24) is 5.32 Å². The highest BCUT2D eigenvalue weighted by atomic mass is 19.2. The normalized spacial score (nSPS) is 20.9. The topological polar surface area (TPSA) is 12.0 Å². The van der Waals surface area contributed by atoms with E-state index in [4.69, 9.17) is 0 Å². The Kier molecular flexibility index (Phi) is 2.69. The Morgan fingerprint density at radius 2 is 2.00 bits per heavy atom. The molecule has 1 aliphatic heterocycles. The smallest absolute Gasteiger partial charge is 0.166 e. The number of hydrogen-bond acceptors (Lipinski definition) is 1. The summed E-state index contributed by atoms with van der Waals surface area (Å²) in [6.07, 6.45) is 1.51. The maximum absolute atomic E-state index is 13.5. The highest BCUT2D eigenvalue weighted by Gasteiger charge is 2.26. The van der Waals surface area contributed by atoms with Crippen LogP contribution in [0.1, 0.15) is 30.0 Å². The molecule has 1 saturated heterocycles. The highest BCUT2D eigenvalue weighted by Crippen LogP contribution is 2.30. The minimum absolute atomic E-state index is 0.00625. The maximum Gasteiger partial charge on any atom is 0.166 e. The third kappa shape index (κ3) is 1.74. The number of halogens is 3. The van der Waals surface area contributed by atoms with Crippen LogP contribution < -0.4 is 5.32 Å². The third-order valence-corrected chi connectivity index (χ3v) is 2.78. The Labute approximate surface area is 86.3 Å². The quantitative estimate of drug-likeness (QED) is 0.710. The van der Waals surface area contributed by atoms with E-state index in [-0.39, 0.29) is 17.2 Å². The molecular formula is C11H12F3N. The standard InChI is InChI=1S/C11H12F3N/c1-6-5-7(12)9(11(14)10(6)13)8-3-2-4-15-8/h5,8,15H,2-4H2,1H3/t8-/m1/s1. The largest absolute Gasteiger partial charge is 0.310 e. The molecule has 1 atom stereocenters. The van der Waals surface area contributed by atoms with Gasteiger partial charge in [0.25, 0.3) is 0 Å². The molecule has 0 aromatic heterocycles. The van der Waals surface area contributed by atoms with Gasteiger partial charge in [0.15, 0.2) is 11.6 Å². The second-order valence-electron chi connectivity index (χ2n) is 3.87. The fourth-order valence-corrected chi connectivity index (χ4v) is 1.98. The van der Waals surface area contributed by atoms with Crippen molar-refractivity contribution < 1.29 is 13.2 Å². The molecule has 0 spiro atoms. The molecule has 1 aliphatic rings. The van der Waals surface area contributed by atoms with E-state index in [1.807, 2.05) is 0 Å². The zero-order valence-corrected chi connectivity index (χ0v) is 8.41. The van der Waals surface area contributed by atoms with Gasteiger partial charge in [-0.05, 0) is 37.9 Å². The molecule has 82 valence electrons. The monoisotopic (exact) mass is 215 g/mol. The van der Waals surface area contributed by atoms with E-state index >= 15 is 0 Å². The highest BCUT2D eigenvalue weighted by molar-refractivity contribution is 5.30. The summed E-state index contributed by atoms with van der Waals surface area (Å²) in [5.74, 6) is -2.65. The fourth-order valence-electron chi connectivity index (χ4n) is 1.98. The molecule has 4 heteroatoms. The molecule has 0 radical (unpaired) electrons. The van der Waals surface area contributed by atoms with Crippen LogP contribution in [0.15, 0.2) is 6.07 Å². The van der Waals surface area contributed by atoms with E-state index in [1.54, 1.807) is 0 Å². The second-order valence-corrected chi connectivity index (χ2v) is 3.87. The Bertz CT molecular complexity index is 384. The minimum atomic E-state index is -1.05. The van der Waals surface area contributed by atoms with Crippen molar-refractivity contribution in [2.45, 2.75) is 25.8 Å². The predicted molar refractivity (Wildman–Crippen MR) is 51.0 cm³/mol. The molecule has 0 amide bonds. The predicted octanol–water partition coefficient (Wildman–Crippen LogP) is 2.84. The lowest BCUT2D eigenvalue weighted by atomic mass is 10.0. The Hall–Kier alpha value is -1.03. The first-order valence-electron chi connectivity index (χ1n) is 4.98. The van der Waals surface area contributed by atoms with Gasteiger partial charge >= 0.3 is 0 Å². The van der Waals surface area contributed by atoms with Gasteiger partial charge in [0.2, 0.25) is 0 Å². The Morgan fingerprint density at radius 3 is 2.60 bits per heavy atom.